The summed E-state index contributed by atoms with van der Waals surface area (Å²) < 4.78 is 5.31. The number of carbonyl (C=O) groups is 1. The summed E-state index contributed by atoms with van der Waals surface area (Å²) in [4.78, 5) is 16.3. The van der Waals surface area contributed by atoms with Crippen molar-refractivity contribution in [1.29, 1.82) is 0 Å². The van der Waals surface area contributed by atoms with Crippen LogP contribution in [0.3, 0.4) is 0 Å². The summed E-state index contributed by atoms with van der Waals surface area (Å²) in [5.41, 5.74) is 3.53. The van der Waals surface area contributed by atoms with Crippen molar-refractivity contribution < 1.29 is 9.53 Å². The summed E-state index contributed by atoms with van der Waals surface area (Å²) in [5, 5.41) is 2.89. The Labute approximate surface area is 118 Å². The van der Waals surface area contributed by atoms with Gasteiger partial charge in [-0.2, -0.15) is 0 Å². The van der Waals surface area contributed by atoms with E-state index in [0.717, 1.165) is 16.7 Å². The second-order valence-corrected chi connectivity index (χ2v) is 4.70. The molecule has 1 aromatic carbocycles. The fourth-order valence-corrected chi connectivity index (χ4v) is 2.15. The standard InChI is InChI=1S/C16H18N2O2/c1-11-7-12(2)15(14(8-11)20-3)16(19)18-10-13-5-4-6-17-9-13/h4-9H,10H2,1-3H3,(H,18,19). The molecule has 2 aromatic rings. The molecule has 0 atom stereocenters. The third-order valence-electron chi connectivity index (χ3n) is 3.07. The highest BCUT2D eigenvalue weighted by molar-refractivity contribution is 5.98. The molecule has 0 saturated heterocycles. The minimum Gasteiger partial charge on any atom is -0.496 e. The van der Waals surface area contributed by atoms with Crippen molar-refractivity contribution in [3.8, 4) is 5.75 Å². The monoisotopic (exact) mass is 270 g/mol. The van der Waals surface area contributed by atoms with Crippen LogP contribution in [0, 0.1) is 13.8 Å². The topological polar surface area (TPSA) is 51.2 Å². The zero-order valence-corrected chi connectivity index (χ0v) is 11.9. The van der Waals surface area contributed by atoms with E-state index in [2.05, 4.69) is 10.3 Å². The molecule has 1 aromatic heterocycles. The number of pyridine rings is 1. The van der Waals surface area contributed by atoms with Gasteiger partial charge in [-0.25, -0.2) is 0 Å². The first-order valence-electron chi connectivity index (χ1n) is 6.44. The maximum Gasteiger partial charge on any atom is 0.255 e. The number of benzene rings is 1. The normalized spacial score (nSPS) is 10.2. The van der Waals surface area contributed by atoms with Crippen LogP contribution >= 0.6 is 0 Å². The Morgan fingerprint density at radius 1 is 1.35 bits per heavy atom. The first kappa shape index (κ1) is 14.1. The van der Waals surface area contributed by atoms with Crippen molar-refractivity contribution in [2.45, 2.75) is 20.4 Å². The van der Waals surface area contributed by atoms with Crippen LogP contribution in [-0.4, -0.2) is 18.0 Å². The minimum atomic E-state index is -0.136. The number of aromatic nitrogens is 1. The number of hydrogen-bond acceptors (Lipinski definition) is 3. The van der Waals surface area contributed by atoms with E-state index >= 15 is 0 Å². The first-order valence-corrected chi connectivity index (χ1v) is 6.44. The van der Waals surface area contributed by atoms with Gasteiger partial charge in [-0.05, 0) is 42.7 Å². The molecule has 0 unspecified atom stereocenters. The number of rotatable bonds is 4. The number of ether oxygens (including phenoxy) is 1. The molecule has 20 heavy (non-hydrogen) atoms. The molecular formula is C16H18N2O2. The van der Waals surface area contributed by atoms with E-state index in [0.29, 0.717) is 17.9 Å². The maximum atomic E-state index is 12.3. The molecule has 0 spiro atoms. The Kier molecular flexibility index (Phi) is 4.35. The average Bonchev–Trinajstić information content (AvgIpc) is 2.45. The van der Waals surface area contributed by atoms with Gasteiger partial charge in [0.05, 0.1) is 12.7 Å². The molecule has 1 heterocycles. The Morgan fingerprint density at radius 3 is 2.80 bits per heavy atom. The summed E-state index contributed by atoms with van der Waals surface area (Å²) in [7, 11) is 1.58. The van der Waals surface area contributed by atoms with Crippen LogP contribution in [0.4, 0.5) is 0 Å². The number of nitrogens with one attached hydrogen (secondary N) is 1. The van der Waals surface area contributed by atoms with Gasteiger partial charge in [0.15, 0.2) is 0 Å². The quantitative estimate of drug-likeness (QED) is 0.929. The second kappa shape index (κ2) is 6.19. The van der Waals surface area contributed by atoms with Crippen LogP contribution in [-0.2, 0) is 6.54 Å². The van der Waals surface area contributed by atoms with Gasteiger partial charge in [-0.1, -0.05) is 12.1 Å². The van der Waals surface area contributed by atoms with Crippen molar-refractivity contribution in [2.24, 2.45) is 0 Å². The molecule has 0 fully saturated rings. The molecule has 0 saturated carbocycles. The van der Waals surface area contributed by atoms with Gasteiger partial charge in [0, 0.05) is 18.9 Å². The third-order valence-corrected chi connectivity index (χ3v) is 3.07. The van der Waals surface area contributed by atoms with Crippen molar-refractivity contribution >= 4 is 5.91 Å². The molecule has 0 bridgehead atoms. The molecule has 1 N–H and O–H groups in total. The van der Waals surface area contributed by atoms with Crippen LogP contribution in [0.5, 0.6) is 5.75 Å². The number of methoxy groups -OCH3 is 1. The lowest BCUT2D eigenvalue weighted by Gasteiger charge is -2.13. The van der Waals surface area contributed by atoms with Crippen molar-refractivity contribution in [2.75, 3.05) is 7.11 Å². The van der Waals surface area contributed by atoms with Gasteiger partial charge in [-0.3, -0.25) is 9.78 Å². The van der Waals surface area contributed by atoms with E-state index < -0.39 is 0 Å². The van der Waals surface area contributed by atoms with Gasteiger partial charge < -0.3 is 10.1 Å². The Bertz CT molecular complexity index is 609. The second-order valence-electron chi connectivity index (χ2n) is 4.70. The van der Waals surface area contributed by atoms with Gasteiger partial charge in [0.2, 0.25) is 0 Å². The third kappa shape index (κ3) is 3.15. The van der Waals surface area contributed by atoms with E-state index in [1.807, 2.05) is 38.1 Å². The number of amides is 1. The number of aryl methyl sites for hydroxylation is 2. The summed E-state index contributed by atoms with van der Waals surface area (Å²) >= 11 is 0. The zero-order chi connectivity index (χ0) is 14.5. The van der Waals surface area contributed by atoms with Gasteiger partial charge in [-0.15, -0.1) is 0 Å². The first-order chi connectivity index (χ1) is 9.61. The number of carbonyl (C=O) groups excluding carboxylic acids is 1. The molecule has 0 aliphatic carbocycles. The fraction of sp³-hybridized carbons (Fsp3) is 0.250. The van der Waals surface area contributed by atoms with Crippen LogP contribution in [0.15, 0.2) is 36.7 Å². The lowest BCUT2D eigenvalue weighted by Crippen LogP contribution is -2.24. The van der Waals surface area contributed by atoms with Crippen LogP contribution < -0.4 is 10.1 Å². The molecule has 0 radical (unpaired) electrons. The SMILES string of the molecule is COc1cc(C)cc(C)c1C(=O)NCc1cccnc1. The summed E-state index contributed by atoms with van der Waals surface area (Å²) in [6.45, 7) is 4.34. The average molecular weight is 270 g/mol. The lowest BCUT2D eigenvalue weighted by atomic mass is 10.0. The Balaban J connectivity index is 2.17. The molecule has 0 aliphatic rings. The van der Waals surface area contributed by atoms with Crippen molar-refractivity contribution in [1.82, 2.24) is 10.3 Å². The van der Waals surface area contributed by atoms with Crippen LogP contribution in [0.1, 0.15) is 27.0 Å². The molecule has 104 valence electrons. The van der Waals surface area contributed by atoms with E-state index in [1.165, 1.54) is 0 Å². The highest BCUT2D eigenvalue weighted by Gasteiger charge is 2.15. The van der Waals surface area contributed by atoms with Gasteiger partial charge in [0.1, 0.15) is 5.75 Å². The van der Waals surface area contributed by atoms with E-state index in [4.69, 9.17) is 4.74 Å². The van der Waals surface area contributed by atoms with Crippen LogP contribution in [0.2, 0.25) is 0 Å². The summed E-state index contributed by atoms with van der Waals surface area (Å²) in [6.07, 6.45) is 3.44. The number of nitrogens with zero attached hydrogens (tertiary/aromatic N) is 1. The summed E-state index contributed by atoms with van der Waals surface area (Å²) in [6, 6.07) is 7.61. The Hall–Kier alpha value is -2.36. The van der Waals surface area contributed by atoms with E-state index in [9.17, 15) is 4.79 Å². The summed E-state index contributed by atoms with van der Waals surface area (Å²) in [5.74, 6) is 0.467. The minimum absolute atomic E-state index is 0.136. The molecule has 0 aliphatic heterocycles. The molecule has 4 nitrogen and oxygen atoms in total. The largest absolute Gasteiger partial charge is 0.496 e. The fourth-order valence-electron chi connectivity index (χ4n) is 2.15. The molecule has 1 amide bonds. The molecular weight excluding hydrogens is 252 g/mol. The molecule has 4 heteroatoms. The van der Waals surface area contributed by atoms with Crippen LogP contribution in [0.25, 0.3) is 0 Å². The molecule has 2 rings (SSSR count). The van der Waals surface area contributed by atoms with E-state index in [-0.39, 0.29) is 5.91 Å². The smallest absolute Gasteiger partial charge is 0.255 e. The lowest BCUT2D eigenvalue weighted by molar-refractivity contribution is 0.0947. The Morgan fingerprint density at radius 2 is 2.15 bits per heavy atom. The van der Waals surface area contributed by atoms with E-state index in [1.54, 1.807) is 19.5 Å². The predicted molar refractivity (Wildman–Crippen MR) is 77.9 cm³/mol. The number of hydrogen-bond donors (Lipinski definition) is 1. The maximum absolute atomic E-state index is 12.3. The highest BCUT2D eigenvalue weighted by Crippen LogP contribution is 2.24. The zero-order valence-electron chi connectivity index (χ0n) is 11.9. The van der Waals surface area contributed by atoms with Crippen molar-refractivity contribution in [3.63, 3.8) is 0 Å². The highest BCUT2D eigenvalue weighted by atomic mass is 16.5. The van der Waals surface area contributed by atoms with Gasteiger partial charge >= 0.3 is 0 Å². The van der Waals surface area contributed by atoms with Crippen molar-refractivity contribution in [3.05, 3.63) is 58.9 Å². The predicted octanol–water partition coefficient (Wildman–Crippen LogP) is 2.64. The van der Waals surface area contributed by atoms with Gasteiger partial charge in [0.25, 0.3) is 5.91 Å².